The van der Waals surface area contributed by atoms with Crippen LogP contribution in [0.15, 0.2) is 41.0 Å². The second kappa shape index (κ2) is 4.81. The quantitative estimate of drug-likeness (QED) is 0.862. The number of hydrogen-bond donors (Lipinski definition) is 1. The van der Waals surface area contributed by atoms with E-state index in [9.17, 15) is 4.39 Å². The molecule has 2 N–H and O–H groups in total. The van der Waals surface area contributed by atoms with Crippen molar-refractivity contribution < 1.29 is 13.5 Å². The van der Waals surface area contributed by atoms with Gasteiger partial charge < -0.3 is 14.9 Å². The molecule has 1 aromatic carbocycles. The second-order valence-corrected chi connectivity index (χ2v) is 3.32. The molecule has 0 saturated heterocycles. The summed E-state index contributed by atoms with van der Waals surface area (Å²) in [5.74, 6) is 0.821. The Morgan fingerprint density at radius 2 is 2.19 bits per heavy atom. The number of ether oxygens (including phenoxy) is 1. The van der Waals surface area contributed by atoms with Crippen molar-refractivity contribution >= 4 is 0 Å². The predicted molar refractivity (Wildman–Crippen MR) is 57.3 cm³/mol. The molecule has 0 amide bonds. The first-order valence-electron chi connectivity index (χ1n) is 4.93. The summed E-state index contributed by atoms with van der Waals surface area (Å²) in [6.45, 7) is 0.654. The summed E-state index contributed by atoms with van der Waals surface area (Å²) in [7, 11) is 0. The fourth-order valence-corrected chi connectivity index (χ4v) is 1.38. The van der Waals surface area contributed by atoms with E-state index < -0.39 is 0 Å². The van der Waals surface area contributed by atoms with Crippen LogP contribution >= 0.6 is 0 Å². The maximum Gasteiger partial charge on any atom is 0.146 e. The van der Waals surface area contributed by atoms with E-state index in [2.05, 4.69) is 0 Å². The Bertz CT molecular complexity index is 468. The maximum atomic E-state index is 12.9. The zero-order valence-corrected chi connectivity index (χ0v) is 8.65. The molecule has 0 fully saturated rings. The third kappa shape index (κ3) is 2.41. The third-order valence-electron chi connectivity index (χ3n) is 2.22. The van der Waals surface area contributed by atoms with Crippen LogP contribution in [-0.4, -0.2) is 0 Å². The normalized spacial score (nSPS) is 10.4. The summed E-state index contributed by atoms with van der Waals surface area (Å²) in [5, 5.41) is 0. The molecule has 0 aliphatic carbocycles. The lowest BCUT2D eigenvalue weighted by atomic mass is 10.2. The van der Waals surface area contributed by atoms with Gasteiger partial charge in [0.05, 0.1) is 6.26 Å². The van der Waals surface area contributed by atoms with Gasteiger partial charge in [0.1, 0.15) is 23.9 Å². The maximum absolute atomic E-state index is 12.9. The highest BCUT2D eigenvalue weighted by molar-refractivity contribution is 5.23. The lowest BCUT2D eigenvalue weighted by molar-refractivity contribution is 0.267. The molecule has 1 aromatic heterocycles. The molecule has 84 valence electrons. The van der Waals surface area contributed by atoms with Crippen LogP contribution in [0.25, 0.3) is 0 Å². The van der Waals surface area contributed by atoms with Crippen molar-refractivity contribution in [3.05, 3.63) is 53.7 Å². The lowest BCUT2D eigenvalue weighted by Crippen LogP contribution is -2.01. The highest BCUT2D eigenvalue weighted by Gasteiger charge is 2.05. The van der Waals surface area contributed by atoms with Crippen LogP contribution < -0.4 is 10.5 Å². The number of rotatable bonds is 4. The summed E-state index contributed by atoms with van der Waals surface area (Å²) in [6.07, 6.45) is 1.56. The van der Waals surface area contributed by atoms with Crippen LogP contribution in [-0.2, 0) is 13.2 Å². The van der Waals surface area contributed by atoms with Gasteiger partial charge in [0.2, 0.25) is 0 Å². The molecule has 4 heteroatoms. The number of hydrogen-bond acceptors (Lipinski definition) is 3. The minimum atomic E-state index is -0.323. The molecule has 0 bridgehead atoms. The van der Waals surface area contributed by atoms with Crippen LogP contribution in [0.1, 0.15) is 11.3 Å². The van der Waals surface area contributed by atoms with Crippen molar-refractivity contribution in [1.82, 2.24) is 0 Å². The zero-order chi connectivity index (χ0) is 11.4. The minimum absolute atomic E-state index is 0.253. The SMILES string of the molecule is NCc1ccoc1COc1cccc(F)c1. The number of benzene rings is 1. The summed E-state index contributed by atoms with van der Waals surface area (Å²) in [6, 6.07) is 7.77. The number of furan rings is 1. The molecule has 2 aromatic rings. The van der Waals surface area contributed by atoms with Gasteiger partial charge in [-0.25, -0.2) is 4.39 Å². The molecule has 3 nitrogen and oxygen atoms in total. The van der Waals surface area contributed by atoms with Gasteiger partial charge in [-0.3, -0.25) is 0 Å². The highest BCUT2D eigenvalue weighted by atomic mass is 19.1. The van der Waals surface area contributed by atoms with Crippen molar-refractivity contribution in [2.45, 2.75) is 13.2 Å². The first-order valence-corrected chi connectivity index (χ1v) is 4.93. The Balaban J connectivity index is 2.02. The molecule has 0 spiro atoms. The van der Waals surface area contributed by atoms with Gasteiger partial charge >= 0.3 is 0 Å². The Hall–Kier alpha value is -1.81. The largest absolute Gasteiger partial charge is 0.486 e. The molecule has 16 heavy (non-hydrogen) atoms. The summed E-state index contributed by atoms with van der Waals surface area (Å²) in [4.78, 5) is 0. The number of nitrogens with two attached hydrogens (primary N) is 1. The van der Waals surface area contributed by atoms with Crippen LogP contribution in [0, 0.1) is 5.82 Å². The lowest BCUT2D eigenvalue weighted by Gasteiger charge is -2.05. The minimum Gasteiger partial charge on any atom is -0.486 e. The van der Waals surface area contributed by atoms with Gasteiger partial charge in [-0.1, -0.05) is 6.07 Å². The van der Waals surface area contributed by atoms with Crippen molar-refractivity contribution in [3.8, 4) is 5.75 Å². The zero-order valence-electron chi connectivity index (χ0n) is 8.65. The average molecular weight is 221 g/mol. The summed E-state index contributed by atoms with van der Waals surface area (Å²) < 4.78 is 23.4. The fourth-order valence-electron chi connectivity index (χ4n) is 1.38. The molecule has 0 radical (unpaired) electrons. The van der Waals surface area contributed by atoms with Crippen molar-refractivity contribution in [2.24, 2.45) is 5.73 Å². The van der Waals surface area contributed by atoms with Crippen LogP contribution in [0.3, 0.4) is 0 Å². The summed E-state index contributed by atoms with van der Waals surface area (Å²) in [5.41, 5.74) is 6.41. The van der Waals surface area contributed by atoms with Gasteiger partial charge in [-0.2, -0.15) is 0 Å². The van der Waals surface area contributed by atoms with E-state index >= 15 is 0 Å². The van der Waals surface area contributed by atoms with Crippen molar-refractivity contribution in [3.63, 3.8) is 0 Å². The molecule has 0 atom stereocenters. The standard InChI is InChI=1S/C12H12FNO2/c13-10-2-1-3-11(6-10)16-8-12-9(7-14)4-5-15-12/h1-6H,7-8,14H2. The molecule has 2 rings (SSSR count). The van der Waals surface area contributed by atoms with Crippen molar-refractivity contribution in [2.75, 3.05) is 0 Å². The molecule has 0 saturated carbocycles. The fraction of sp³-hybridized carbons (Fsp3) is 0.167. The Morgan fingerprint density at radius 3 is 2.94 bits per heavy atom. The van der Waals surface area contributed by atoms with E-state index in [0.29, 0.717) is 18.1 Å². The van der Waals surface area contributed by atoms with E-state index in [-0.39, 0.29) is 12.4 Å². The molecule has 0 unspecified atom stereocenters. The van der Waals surface area contributed by atoms with Gasteiger partial charge in [0, 0.05) is 18.2 Å². The first-order chi connectivity index (χ1) is 7.79. The number of halogens is 1. The molecule has 1 heterocycles. The molecule has 0 aliphatic heterocycles. The van der Waals surface area contributed by atoms with Crippen LogP contribution in [0.5, 0.6) is 5.75 Å². The van der Waals surface area contributed by atoms with E-state index in [1.54, 1.807) is 24.5 Å². The van der Waals surface area contributed by atoms with E-state index in [4.69, 9.17) is 14.9 Å². The third-order valence-corrected chi connectivity index (χ3v) is 2.22. The Morgan fingerprint density at radius 1 is 1.31 bits per heavy atom. The van der Waals surface area contributed by atoms with Crippen LogP contribution in [0.2, 0.25) is 0 Å². The second-order valence-electron chi connectivity index (χ2n) is 3.32. The van der Waals surface area contributed by atoms with Gasteiger partial charge in [-0.15, -0.1) is 0 Å². The van der Waals surface area contributed by atoms with Gasteiger partial charge in [0.25, 0.3) is 0 Å². The van der Waals surface area contributed by atoms with Crippen molar-refractivity contribution in [1.29, 1.82) is 0 Å². The molecular weight excluding hydrogens is 209 g/mol. The smallest absolute Gasteiger partial charge is 0.146 e. The molecular formula is C12H12FNO2. The predicted octanol–water partition coefficient (Wildman–Crippen LogP) is 2.46. The van der Waals surface area contributed by atoms with E-state index in [1.165, 1.54) is 12.1 Å². The van der Waals surface area contributed by atoms with Gasteiger partial charge in [-0.05, 0) is 18.2 Å². The Kier molecular flexibility index (Phi) is 3.22. The Labute approximate surface area is 92.6 Å². The van der Waals surface area contributed by atoms with Gasteiger partial charge in [0.15, 0.2) is 0 Å². The van der Waals surface area contributed by atoms with E-state index in [0.717, 1.165) is 5.56 Å². The van der Waals surface area contributed by atoms with Crippen LogP contribution in [0.4, 0.5) is 4.39 Å². The molecule has 0 aliphatic rings. The topological polar surface area (TPSA) is 48.4 Å². The summed E-state index contributed by atoms with van der Waals surface area (Å²) >= 11 is 0. The first kappa shape index (κ1) is 10.7. The monoisotopic (exact) mass is 221 g/mol. The average Bonchev–Trinajstić information content (AvgIpc) is 2.74. The van der Waals surface area contributed by atoms with E-state index in [1.807, 2.05) is 0 Å². The highest BCUT2D eigenvalue weighted by Crippen LogP contribution is 2.16.